The predicted molar refractivity (Wildman–Crippen MR) is 53.5 cm³/mol. The quantitative estimate of drug-likeness (QED) is 0.608. The average Bonchev–Trinajstić information content (AvgIpc) is 2.43. The molecule has 0 spiro atoms. The molecular formula is C10H18N2O. The number of allylic oxidation sites excluding steroid dienone is 1. The van der Waals surface area contributed by atoms with E-state index in [1.54, 1.807) is 0 Å². The molecule has 1 N–H and O–H groups in total. The molecular weight excluding hydrogens is 164 g/mol. The Hall–Kier alpha value is -0.830. The number of nitrogens with zero attached hydrogens (tertiary/aromatic N) is 1. The highest BCUT2D eigenvalue weighted by molar-refractivity contribution is 5.92. The van der Waals surface area contributed by atoms with E-state index in [9.17, 15) is 4.79 Å². The highest BCUT2D eigenvalue weighted by atomic mass is 16.2. The number of rotatable bonds is 1. The predicted octanol–water partition coefficient (Wildman–Crippen LogP) is 0.774. The van der Waals surface area contributed by atoms with Gasteiger partial charge in [-0.3, -0.25) is 4.79 Å². The second-order valence-electron chi connectivity index (χ2n) is 3.37. The van der Waals surface area contributed by atoms with Gasteiger partial charge in [0.25, 0.3) is 0 Å². The van der Waals surface area contributed by atoms with Gasteiger partial charge in [0, 0.05) is 25.2 Å². The molecule has 1 aliphatic rings. The van der Waals surface area contributed by atoms with Crippen molar-refractivity contribution in [2.24, 2.45) is 0 Å². The molecule has 0 unspecified atom stereocenters. The molecule has 1 rings (SSSR count). The molecule has 1 heterocycles. The molecule has 1 fully saturated rings. The molecule has 0 aromatic carbocycles. The molecule has 0 bridgehead atoms. The van der Waals surface area contributed by atoms with Crippen LogP contribution < -0.4 is 5.32 Å². The van der Waals surface area contributed by atoms with E-state index in [0.717, 1.165) is 38.2 Å². The summed E-state index contributed by atoms with van der Waals surface area (Å²) >= 11 is 0. The Morgan fingerprint density at radius 2 is 2.15 bits per heavy atom. The molecule has 74 valence electrons. The Kier molecular flexibility index (Phi) is 3.96. The van der Waals surface area contributed by atoms with Gasteiger partial charge in [0.15, 0.2) is 0 Å². The van der Waals surface area contributed by atoms with Crippen LogP contribution in [0.25, 0.3) is 0 Å². The Labute approximate surface area is 79.8 Å². The van der Waals surface area contributed by atoms with E-state index in [4.69, 9.17) is 0 Å². The van der Waals surface area contributed by atoms with Crippen molar-refractivity contribution in [1.82, 2.24) is 10.2 Å². The molecule has 0 aromatic rings. The molecule has 3 nitrogen and oxygen atoms in total. The summed E-state index contributed by atoms with van der Waals surface area (Å²) in [6.45, 7) is 7.45. The monoisotopic (exact) mass is 182 g/mol. The number of nitrogens with one attached hydrogen (secondary N) is 1. The van der Waals surface area contributed by atoms with E-state index in [0.29, 0.717) is 0 Å². The molecule has 13 heavy (non-hydrogen) atoms. The molecule has 0 atom stereocenters. The minimum atomic E-state index is 0.186. The minimum absolute atomic E-state index is 0.186. The molecule has 1 amide bonds. The van der Waals surface area contributed by atoms with Gasteiger partial charge in [0.2, 0.25) is 5.91 Å². The van der Waals surface area contributed by atoms with E-state index in [1.807, 2.05) is 24.8 Å². The largest absolute Gasteiger partial charge is 0.338 e. The zero-order valence-corrected chi connectivity index (χ0v) is 8.47. The van der Waals surface area contributed by atoms with Crippen molar-refractivity contribution in [3.8, 4) is 0 Å². The maximum Gasteiger partial charge on any atom is 0.249 e. The van der Waals surface area contributed by atoms with E-state index < -0.39 is 0 Å². The van der Waals surface area contributed by atoms with E-state index >= 15 is 0 Å². The molecule has 3 heteroatoms. The summed E-state index contributed by atoms with van der Waals surface area (Å²) in [5.74, 6) is 0.186. The summed E-state index contributed by atoms with van der Waals surface area (Å²) in [6.07, 6.45) is 2.93. The van der Waals surface area contributed by atoms with E-state index in [2.05, 4.69) is 5.32 Å². The first-order valence-corrected chi connectivity index (χ1v) is 4.88. The topological polar surface area (TPSA) is 32.3 Å². The lowest BCUT2D eigenvalue weighted by atomic mass is 10.2. The molecule has 0 saturated carbocycles. The molecule has 1 saturated heterocycles. The van der Waals surface area contributed by atoms with Gasteiger partial charge in [-0.25, -0.2) is 0 Å². The van der Waals surface area contributed by atoms with Crippen LogP contribution in [0, 0.1) is 0 Å². The van der Waals surface area contributed by atoms with Gasteiger partial charge in [-0.1, -0.05) is 6.08 Å². The third-order valence-electron chi connectivity index (χ3n) is 2.40. The highest BCUT2D eigenvalue weighted by Crippen LogP contribution is 2.03. The number of amides is 1. The molecule has 0 radical (unpaired) electrons. The second-order valence-corrected chi connectivity index (χ2v) is 3.37. The van der Waals surface area contributed by atoms with Gasteiger partial charge in [0.1, 0.15) is 0 Å². The van der Waals surface area contributed by atoms with Gasteiger partial charge in [0.05, 0.1) is 0 Å². The Balaban J connectivity index is 2.54. The summed E-state index contributed by atoms with van der Waals surface area (Å²) < 4.78 is 0. The number of hydrogen-bond acceptors (Lipinski definition) is 2. The first kappa shape index (κ1) is 10.3. The lowest BCUT2D eigenvalue weighted by molar-refractivity contribution is -0.126. The van der Waals surface area contributed by atoms with Crippen molar-refractivity contribution in [2.45, 2.75) is 20.3 Å². The third kappa shape index (κ3) is 2.84. The van der Waals surface area contributed by atoms with Crippen molar-refractivity contribution in [3.63, 3.8) is 0 Å². The second kappa shape index (κ2) is 5.02. The van der Waals surface area contributed by atoms with Crippen LogP contribution in [0.15, 0.2) is 11.6 Å². The minimum Gasteiger partial charge on any atom is -0.338 e. The standard InChI is InChI=1S/C10H18N2O/c1-3-9(2)10(13)12-7-4-5-11-6-8-12/h3,11H,4-8H2,1-2H3/b9-3-. The zero-order valence-electron chi connectivity index (χ0n) is 8.47. The SMILES string of the molecule is C/C=C(/C)C(=O)N1CCCNCC1. The first-order valence-electron chi connectivity index (χ1n) is 4.88. The fraction of sp³-hybridized carbons (Fsp3) is 0.700. The lowest BCUT2D eigenvalue weighted by Crippen LogP contribution is -2.34. The van der Waals surface area contributed by atoms with Crippen LogP contribution in [0.4, 0.5) is 0 Å². The van der Waals surface area contributed by atoms with Gasteiger partial charge in [-0.05, 0) is 26.8 Å². The molecule has 1 aliphatic heterocycles. The van der Waals surface area contributed by atoms with E-state index in [1.165, 1.54) is 0 Å². The average molecular weight is 182 g/mol. The van der Waals surface area contributed by atoms with Crippen LogP contribution in [-0.2, 0) is 4.79 Å². The van der Waals surface area contributed by atoms with Crippen molar-refractivity contribution >= 4 is 5.91 Å². The third-order valence-corrected chi connectivity index (χ3v) is 2.40. The van der Waals surface area contributed by atoms with Crippen LogP contribution in [0.5, 0.6) is 0 Å². The van der Waals surface area contributed by atoms with Crippen molar-refractivity contribution < 1.29 is 4.79 Å². The van der Waals surface area contributed by atoms with Crippen molar-refractivity contribution in [2.75, 3.05) is 26.2 Å². The summed E-state index contributed by atoms with van der Waals surface area (Å²) in [5, 5.41) is 3.28. The highest BCUT2D eigenvalue weighted by Gasteiger charge is 2.15. The summed E-state index contributed by atoms with van der Waals surface area (Å²) in [5.41, 5.74) is 0.849. The Morgan fingerprint density at radius 1 is 1.38 bits per heavy atom. The Bertz CT molecular complexity index is 203. The Morgan fingerprint density at radius 3 is 2.85 bits per heavy atom. The smallest absolute Gasteiger partial charge is 0.249 e. The normalized spacial score (nSPS) is 19.8. The van der Waals surface area contributed by atoms with E-state index in [-0.39, 0.29) is 5.91 Å². The number of carbonyl (C=O) groups excluding carboxylic acids is 1. The van der Waals surface area contributed by atoms with Gasteiger partial charge in [-0.15, -0.1) is 0 Å². The lowest BCUT2D eigenvalue weighted by Gasteiger charge is -2.19. The maximum absolute atomic E-state index is 11.7. The fourth-order valence-electron chi connectivity index (χ4n) is 1.42. The van der Waals surface area contributed by atoms with Crippen LogP contribution >= 0.6 is 0 Å². The summed E-state index contributed by atoms with van der Waals surface area (Å²) in [6, 6.07) is 0. The molecule has 0 aromatic heterocycles. The van der Waals surface area contributed by atoms with Crippen LogP contribution in [-0.4, -0.2) is 37.0 Å². The van der Waals surface area contributed by atoms with Crippen LogP contribution in [0.2, 0.25) is 0 Å². The fourth-order valence-corrected chi connectivity index (χ4v) is 1.42. The number of carbonyl (C=O) groups is 1. The first-order chi connectivity index (χ1) is 6.25. The summed E-state index contributed by atoms with van der Waals surface area (Å²) in [4.78, 5) is 13.6. The van der Waals surface area contributed by atoms with Crippen molar-refractivity contribution in [3.05, 3.63) is 11.6 Å². The van der Waals surface area contributed by atoms with Gasteiger partial charge in [-0.2, -0.15) is 0 Å². The van der Waals surface area contributed by atoms with Crippen LogP contribution in [0.3, 0.4) is 0 Å². The molecule has 0 aliphatic carbocycles. The van der Waals surface area contributed by atoms with Crippen molar-refractivity contribution in [1.29, 1.82) is 0 Å². The van der Waals surface area contributed by atoms with Gasteiger partial charge < -0.3 is 10.2 Å². The maximum atomic E-state index is 11.7. The zero-order chi connectivity index (χ0) is 9.68. The summed E-state index contributed by atoms with van der Waals surface area (Å²) in [7, 11) is 0. The number of hydrogen-bond donors (Lipinski definition) is 1. The van der Waals surface area contributed by atoms with Crippen LogP contribution in [0.1, 0.15) is 20.3 Å². The van der Waals surface area contributed by atoms with Gasteiger partial charge >= 0.3 is 0 Å².